The van der Waals surface area contributed by atoms with Crippen LogP contribution in [0, 0.1) is 11.8 Å². The van der Waals surface area contributed by atoms with Crippen molar-refractivity contribution >= 4 is 0 Å². The van der Waals surface area contributed by atoms with Crippen LogP contribution in [0.15, 0.2) is 12.3 Å². The average Bonchev–Trinajstić information content (AvgIpc) is 2.09. The molecule has 0 spiro atoms. The standard InChI is InChI=1S/C11H21NO/c1-4-13-10(3)7-11-5-6-12-8-9(11)2/h9,11-12H,3-8H2,1-2H3. The Bertz CT molecular complexity index is 167. The molecular weight excluding hydrogens is 162 g/mol. The van der Waals surface area contributed by atoms with Gasteiger partial charge in [-0.05, 0) is 38.3 Å². The summed E-state index contributed by atoms with van der Waals surface area (Å²) in [6.07, 6.45) is 2.30. The van der Waals surface area contributed by atoms with Crippen LogP contribution >= 0.6 is 0 Å². The Kier molecular flexibility index (Phi) is 4.29. The van der Waals surface area contributed by atoms with E-state index in [0.29, 0.717) is 0 Å². The lowest BCUT2D eigenvalue weighted by molar-refractivity contribution is 0.181. The van der Waals surface area contributed by atoms with Gasteiger partial charge in [0.1, 0.15) is 0 Å². The van der Waals surface area contributed by atoms with Gasteiger partial charge in [0, 0.05) is 6.42 Å². The minimum absolute atomic E-state index is 0.748. The van der Waals surface area contributed by atoms with Gasteiger partial charge in [-0.2, -0.15) is 0 Å². The van der Waals surface area contributed by atoms with Crippen LogP contribution in [0.2, 0.25) is 0 Å². The molecule has 2 atom stereocenters. The molecule has 0 amide bonds. The number of nitrogens with one attached hydrogen (secondary N) is 1. The third kappa shape index (κ3) is 3.39. The van der Waals surface area contributed by atoms with Crippen LogP contribution in [0.5, 0.6) is 0 Å². The number of hydrogen-bond donors (Lipinski definition) is 1. The van der Waals surface area contributed by atoms with E-state index in [-0.39, 0.29) is 0 Å². The molecule has 1 aliphatic heterocycles. The van der Waals surface area contributed by atoms with Crippen molar-refractivity contribution in [3.63, 3.8) is 0 Å². The summed E-state index contributed by atoms with van der Waals surface area (Å²) in [7, 11) is 0. The zero-order chi connectivity index (χ0) is 9.68. The highest BCUT2D eigenvalue weighted by atomic mass is 16.5. The van der Waals surface area contributed by atoms with Crippen LogP contribution < -0.4 is 5.32 Å². The van der Waals surface area contributed by atoms with Gasteiger partial charge in [0.25, 0.3) is 0 Å². The van der Waals surface area contributed by atoms with E-state index in [0.717, 1.165) is 43.7 Å². The van der Waals surface area contributed by atoms with Gasteiger partial charge in [-0.3, -0.25) is 0 Å². The van der Waals surface area contributed by atoms with Gasteiger partial charge in [0.15, 0.2) is 0 Å². The van der Waals surface area contributed by atoms with Crippen LogP contribution in [0.4, 0.5) is 0 Å². The Morgan fingerprint density at radius 2 is 2.38 bits per heavy atom. The molecule has 0 aromatic heterocycles. The normalized spacial score (nSPS) is 28.5. The molecule has 0 aliphatic carbocycles. The third-order valence-corrected chi connectivity index (χ3v) is 2.80. The highest BCUT2D eigenvalue weighted by molar-refractivity contribution is 4.89. The first-order valence-electron chi connectivity index (χ1n) is 5.25. The first-order valence-corrected chi connectivity index (χ1v) is 5.25. The van der Waals surface area contributed by atoms with Crippen LogP contribution in [-0.4, -0.2) is 19.7 Å². The molecule has 1 aliphatic rings. The van der Waals surface area contributed by atoms with Crippen molar-refractivity contribution in [3.05, 3.63) is 12.3 Å². The maximum Gasteiger partial charge on any atom is 0.0890 e. The summed E-state index contributed by atoms with van der Waals surface area (Å²) in [5.74, 6) is 2.48. The summed E-state index contributed by atoms with van der Waals surface area (Å²) < 4.78 is 5.38. The Balaban J connectivity index is 2.29. The smallest absolute Gasteiger partial charge is 0.0890 e. The summed E-state index contributed by atoms with van der Waals surface area (Å²) in [5.41, 5.74) is 0. The second-order valence-electron chi connectivity index (χ2n) is 3.91. The molecule has 2 nitrogen and oxygen atoms in total. The van der Waals surface area contributed by atoms with E-state index in [4.69, 9.17) is 4.74 Å². The van der Waals surface area contributed by atoms with Crippen molar-refractivity contribution in [3.8, 4) is 0 Å². The molecule has 1 heterocycles. The minimum Gasteiger partial charge on any atom is -0.499 e. The van der Waals surface area contributed by atoms with E-state index in [9.17, 15) is 0 Å². The quantitative estimate of drug-likeness (QED) is 0.674. The maximum atomic E-state index is 5.38. The topological polar surface area (TPSA) is 21.3 Å². The molecule has 1 rings (SSSR count). The van der Waals surface area contributed by atoms with E-state index in [2.05, 4.69) is 18.8 Å². The first kappa shape index (κ1) is 10.6. The van der Waals surface area contributed by atoms with Crippen LogP contribution in [0.1, 0.15) is 26.7 Å². The molecule has 1 fully saturated rings. The van der Waals surface area contributed by atoms with Crippen molar-refractivity contribution in [1.29, 1.82) is 0 Å². The largest absolute Gasteiger partial charge is 0.499 e. The summed E-state index contributed by atoms with van der Waals surface area (Å²) in [6.45, 7) is 11.3. The van der Waals surface area contributed by atoms with Gasteiger partial charge in [-0.25, -0.2) is 0 Å². The van der Waals surface area contributed by atoms with E-state index < -0.39 is 0 Å². The zero-order valence-corrected chi connectivity index (χ0v) is 8.81. The molecule has 1 saturated heterocycles. The summed E-state index contributed by atoms with van der Waals surface area (Å²) in [5, 5.41) is 3.40. The van der Waals surface area contributed by atoms with Crippen LogP contribution in [-0.2, 0) is 4.74 Å². The Hall–Kier alpha value is -0.500. The Labute approximate surface area is 81.4 Å². The van der Waals surface area contributed by atoms with Gasteiger partial charge in [-0.1, -0.05) is 13.5 Å². The van der Waals surface area contributed by atoms with Crippen molar-refractivity contribution in [1.82, 2.24) is 5.32 Å². The first-order chi connectivity index (χ1) is 6.24. The van der Waals surface area contributed by atoms with E-state index in [1.807, 2.05) is 6.92 Å². The summed E-state index contributed by atoms with van der Waals surface area (Å²) in [6, 6.07) is 0. The Morgan fingerprint density at radius 3 is 3.00 bits per heavy atom. The van der Waals surface area contributed by atoms with Gasteiger partial charge >= 0.3 is 0 Å². The van der Waals surface area contributed by atoms with Crippen LogP contribution in [0.3, 0.4) is 0 Å². The predicted octanol–water partition coefficient (Wildman–Crippen LogP) is 2.17. The van der Waals surface area contributed by atoms with Crippen molar-refractivity contribution < 1.29 is 4.74 Å². The number of piperidine rings is 1. The van der Waals surface area contributed by atoms with Gasteiger partial charge in [0.2, 0.25) is 0 Å². The molecule has 0 saturated carbocycles. The third-order valence-electron chi connectivity index (χ3n) is 2.80. The fourth-order valence-corrected chi connectivity index (χ4v) is 1.93. The molecular formula is C11H21NO. The van der Waals surface area contributed by atoms with Crippen LogP contribution in [0.25, 0.3) is 0 Å². The molecule has 2 unspecified atom stereocenters. The fourth-order valence-electron chi connectivity index (χ4n) is 1.93. The number of rotatable bonds is 4. The van der Waals surface area contributed by atoms with Gasteiger partial charge in [-0.15, -0.1) is 0 Å². The van der Waals surface area contributed by atoms with Crippen molar-refractivity contribution in [2.45, 2.75) is 26.7 Å². The molecule has 0 aromatic rings. The second-order valence-corrected chi connectivity index (χ2v) is 3.91. The summed E-state index contributed by atoms with van der Waals surface area (Å²) in [4.78, 5) is 0. The highest BCUT2D eigenvalue weighted by Gasteiger charge is 2.21. The lowest BCUT2D eigenvalue weighted by Crippen LogP contribution is -2.35. The molecule has 0 aromatic carbocycles. The molecule has 2 heteroatoms. The van der Waals surface area contributed by atoms with Crippen molar-refractivity contribution in [2.24, 2.45) is 11.8 Å². The lowest BCUT2D eigenvalue weighted by atomic mass is 9.85. The Morgan fingerprint density at radius 1 is 1.62 bits per heavy atom. The average molecular weight is 183 g/mol. The molecule has 76 valence electrons. The molecule has 1 N–H and O–H groups in total. The summed E-state index contributed by atoms with van der Waals surface area (Å²) >= 11 is 0. The minimum atomic E-state index is 0.748. The second kappa shape index (κ2) is 5.28. The molecule has 13 heavy (non-hydrogen) atoms. The molecule has 0 radical (unpaired) electrons. The number of hydrogen-bond acceptors (Lipinski definition) is 2. The van der Waals surface area contributed by atoms with Crippen molar-refractivity contribution in [2.75, 3.05) is 19.7 Å². The SMILES string of the molecule is C=C(CC1CCNCC1C)OCC. The van der Waals surface area contributed by atoms with E-state index in [1.165, 1.54) is 6.42 Å². The van der Waals surface area contributed by atoms with E-state index >= 15 is 0 Å². The molecule has 0 bridgehead atoms. The van der Waals surface area contributed by atoms with E-state index in [1.54, 1.807) is 0 Å². The highest BCUT2D eigenvalue weighted by Crippen LogP contribution is 2.25. The maximum absolute atomic E-state index is 5.38. The number of ether oxygens (including phenoxy) is 1. The fraction of sp³-hybridized carbons (Fsp3) is 0.818. The lowest BCUT2D eigenvalue weighted by Gasteiger charge is -2.29. The van der Waals surface area contributed by atoms with Gasteiger partial charge < -0.3 is 10.1 Å². The number of allylic oxidation sites excluding steroid dienone is 1. The zero-order valence-electron chi connectivity index (χ0n) is 8.81. The predicted molar refractivity (Wildman–Crippen MR) is 55.5 cm³/mol. The monoisotopic (exact) mass is 183 g/mol. The van der Waals surface area contributed by atoms with Gasteiger partial charge in [0.05, 0.1) is 12.4 Å².